The van der Waals surface area contributed by atoms with Gasteiger partial charge in [0.05, 0.1) is 0 Å². The molecule has 8 nitrogen and oxygen atoms in total. The van der Waals surface area contributed by atoms with E-state index in [4.69, 9.17) is 21.7 Å². The van der Waals surface area contributed by atoms with Crippen molar-refractivity contribution in [3.8, 4) is 0 Å². The van der Waals surface area contributed by atoms with E-state index in [0.29, 0.717) is 19.0 Å². The fourth-order valence-electron chi connectivity index (χ4n) is 5.31. The van der Waals surface area contributed by atoms with Gasteiger partial charge in [-0.15, -0.1) is 0 Å². The van der Waals surface area contributed by atoms with Crippen LogP contribution in [0.5, 0.6) is 0 Å². The molecule has 2 rings (SSSR count). The molecule has 12 heteroatoms. The maximum atomic E-state index is 12.8. The average molecular weight is 646 g/mol. The first-order chi connectivity index (χ1) is 21.2. The summed E-state index contributed by atoms with van der Waals surface area (Å²) in [5.74, 6) is -2.78. The lowest BCUT2D eigenvalue weighted by Crippen LogP contribution is -2.54. The van der Waals surface area contributed by atoms with Gasteiger partial charge in [0.25, 0.3) is 12.9 Å². The number of aryl methyl sites for hydroxylation is 1. The molecule has 0 saturated heterocycles. The summed E-state index contributed by atoms with van der Waals surface area (Å²) >= 11 is 0. The molecule has 0 spiro atoms. The first kappa shape index (κ1) is 40.2. The number of halogens is 4. The molecular weight excluding hydrogens is 592 g/mol. The highest BCUT2D eigenvalue weighted by atomic mass is 19.3. The smallest absolute Gasteiger partial charge is 0.329 e. The van der Waals surface area contributed by atoms with E-state index in [1.807, 2.05) is 48.9 Å². The van der Waals surface area contributed by atoms with Crippen molar-refractivity contribution in [2.24, 2.45) is 22.4 Å². The molecule has 3 unspecified atom stereocenters. The van der Waals surface area contributed by atoms with Crippen LogP contribution in [0.1, 0.15) is 103 Å². The van der Waals surface area contributed by atoms with Gasteiger partial charge in [-0.05, 0) is 57.8 Å². The molecule has 1 aromatic rings. The van der Waals surface area contributed by atoms with E-state index in [2.05, 4.69) is 11.9 Å². The predicted molar refractivity (Wildman–Crippen MR) is 170 cm³/mol. The average Bonchev–Trinajstić information content (AvgIpc) is 3.44. The number of hydrogen-bond acceptors (Lipinski definition) is 5. The van der Waals surface area contributed by atoms with Gasteiger partial charge in [-0.1, -0.05) is 56.7 Å². The number of rotatable bonds is 19. The number of unbranched alkanes of at least 4 members (excludes halogenated alkanes) is 4. The lowest BCUT2D eigenvalue weighted by Gasteiger charge is -2.23. The number of benzene rings is 1. The zero-order valence-electron chi connectivity index (χ0n) is 27.0. The third kappa shape index (κ3) is 13.2. The van der Waals surface area contributed by atoms with Crippen LogP contribution in [0.3, 0.4) is 0 Å². The molecule has 45 heavy (non-hydrogen) atoms. The summed E-state index contributed by atoms with van der Waals surface area (Å²) in [6.07, 6.45) is 6.44. The summed E-state index contributed by atoms with van der Waals surface area (Å²) in [6, 6.07) is 7.76. The van der Waals surface area contributed by atoms with E-state index in [9.17, 15) is 27.2 Å². The van der Waals surface area contributed by atoms with Gasteiger partial charge in [-0.25, -0.2) is 31.7 Å². The zero-order chi connectivity index (χ0) is 34.0. The van der Waals surface area contributed by atoms with Gasteiger partial charge in [-0.2, -0.15) is 0 Å². The van der Waals surface area contributed by atoms with Crippen molar-refractivity contribution in [1.82, 2.24) is 0 Å². The van der Waals surface area contributed by atoms with E-state index in [1.54, 1.807) is 0 Å². The van der Waals surface area contributed by atoms with Gasteiger partial charge in [0.2, 0.25) is 5.69 Å². The molecule has 0 radical (unpaired) electrons. The fourth-order valence-corrected chi connectivity index (χ4v) is 5.31. The highest BCUT2D eigenvalue weighted by molar-refractivity contribution is 5.88. The standard InChI is InChI=1S/C18H32F2N2O2.C15H20F2N2O2/c1-2-3-4-5-6-9-14-10-7-11-15(14)22-13-8-12-18(21,16(19)20)17(23)24;1-3-19(12-7-5-11(2)6-8-12)10-4-9-15(18,13(16)17)14(20)21/h14,16H,2-13,21H2,1H3,(H,23,24);3,5-8,13H,4,9-10,18H2,1-2H3/p+1. The van der Waals surface area contributed by atoms with Crippen molar-refractivity contribution >= 4 is 29.6 Å². The summed E-state index contributed by atoms with van der Waals surface area (Å²) in [6.45, 7) is 6.83. The largest absolute Gasteiger partial charge is 0.480 e. The van der Waals surface area contributed by atoms with Crippen LogP contribution >= 0.6 is 0 Å². The van der Waals surface area contributed by atoms with E-state index in [1.165, 1.54) is 44.2 Å². The topological polar surface area (TPSA) is 142 Å². The van der Waals surface area contributed by atoms with Crippen molar-refractivity contribution in [3.63, 3.8) is 0 Å². The number of alkyl halides is 4. The number of aliphatic carboxylic acids is 2. The third-order valence-electron chi connectivity index (χ3n) is 8.42. The van der Waals surface area contributed by atoms with Crippen molar-refractivity contribution in [2.45, 2.75) is 128 Å². The Morgan fingerprint density at radius 1 is 0.956 bits per heavy atom. The van der Waals surface area contributed by atoms with Crippen molar-refractivity contribution in [2.75, 3.05) is 13.1 Å². The Hall–Kier alpha value is -2.86. The lowest BCUT2D eigenvalue weighted by molar-refractivity contribution is -0.437. The summed E-state index contributed by atoms with van der Waals surface area (Å²) in [5.41, 5.74) is 8.92. The second-order valence-electron chi connectivity index (χ2n) is 12.0. The number of carboxylic acids is 2. The SMILES string of the molecule is CC=[N+](CCCC(N)(C(=O)O)C(F)F)c1ccc(C)cc1.CCCCCCCC1CCCC1=NCCCC(N)(C(=O)O)C(F)F. The van der Waals surface area contributed by atoms with E-state index in [-0.39, 0.29) is 25.7 Å². The van der Waals surface area contributed by atoms with Crippen LogP contribution < -0.4 is 11.5 Å². The summed E-state index contributed by atoms with van der Waals surface area (Å²) in [4.78, 5) is 26.4. The monoisotopic (exact) mass is 645 g/mol. The number of carboxylic acid groups (broad SMARTS) is 2. The Morgan fingerprint density at radius 3 is 2.02 bits per heavy atom. The van der Waals surface area contributed by atoms with Crippen LogP contribution in [0.25, 0.3) is 0 Å². The van der Waals surface area contributed by atoms with Crippen molar-refractivity contribution in [3.05, 3.63) is 29.8 Å². The minimum absolute atomic E-state index is 0.252. The van der Waals surface area contributed by atoms with Gasteiger partial charge in [-0.3, -0.25) is 4.99 Å². The molecule has 6 N–H and O–H groups in total. The number of hydrogen-bond donors (Lipinski definition) is 4. The molecule has 0 bridgehead atoms. The molecule has 1 aromatic carbocycles. The third-order valence-corrected chi connectivity index (χ3v) is 8.42. The predicted octanol–water partition coefficient (Wildman–Crippen LogP) is 6.97. The highest BCUT2D eigenvalue weighted by Crippen LogP contribution is 2.28. The Bertz CT molecular complexity index is 1100. The number of carbonyl (C=O) groups is 2. The molecular formula is C33H53F4N4O4+. The minimum Gasteiger partial charge on any atom is -0.480 e. The lowest BCUT2D eigenvalue weighted by atomic mass is 9.95. The van der Waals surface area contributed by atoms with Crippen LogP contribution in [-0.2, 0) is 9.59 Å². The normalized spacial score (nSPS) is 18.9. The van der Waals surface area contributed by atoms with Crippen molar-refractivity contribution in [1.29, 1.82) is 0 Å². The molecule has 0 aromatic heterocycles. The maximum Gasteiger partial charge on any atom is 0.329 e. The van der Waals surface area contributed by atoms with Gasteiger partial charge < -0.3 is 21.7 Å². The highest BCUT2D eigenvalue weighted by Gasteiger charge is 2.44. The fraction of sp³-hybridized carbons (Fsp3) is 0.697. The second-order valence-corrected chi connectivity index (χ2v) is 12.0. The first-order valence-corrected chi connectivity index (χ1v) is 16.0. The summed E-state index contributed by atoms with van der Waals surface area (Å²) < 4.78 is 53.1. The van der Waals surface area contributed by atoms with Gasteiger partial charge in [0.15, 0.2) is 11.1 Å². The summed E-state index contributed by atoms with van der Waals surface area (Å²) in [5, 5.41) is 17.7. The van der Waals surface area contributed by atoms with Gasteiger partial charge in [0.1, 0.15) is 12.8 Å². The molecule has 0 amide bonds. The molecule has 0 heterocycles. The van der Waals surface area contributed by atoms with Crippen LogP contribution in [0, 0.1) is 12.8 Å². The first-order valence-electron chi connectivity index (χ1n) is 16.0. The Morgan fingerprint density at radius 2 is 1.51 bits per heavy atom. The zero-order valence-corrected chi connectivity index (χ0v) is 27.0. The molecule has 256 valence electrons. The quantitative estimate of drug-likeness (QED) is 0.0554. The maximum absolute atomic E-state index is 12.8. The molecule has 3 atom stereocenters. The molecule has 1 aliphatic rings. The van der Waals surface area contributed by atoms with Gasteiger partial charge >= 0.3 is 11.9 Å². The van der Waals surface area contributed by atoms with E-state index >= 15 is 0 Å². The van der Waals surface area contributed by atoms with E-state index < -0.39 is 35.9 Å². The van der Waals surface area contributed by atoms with Crippen LogP contribution in [0.2, 0.25) is 0 Å². The molecule has 1 saturated carbocycles. The Balaban J connectivity index is 0.000000454. The second kappa shape index (κ2) is 20.3. The molecule has 1 fully saturated rings. The van der Waals surface area contributed by atoms with Crippen LogP contribution in [-0.4, -0.2) is 75.7 Å². The number of nitrogens with zero attached hydrogens (tertiary/aromatic N) is 2. The molecule has 1 aliphatic carbocycles. The summed E-state index contributed by atoms with van der Waals surface area (Å²) in [7, 11) is 0. The molecule has 0 aliphatic heterocycles. The van der Waals surface area contributed by atoms with Crippen molar-refractivity contribution < 1.29 is 41.9 Å². The van der Waals surface area contributed by atoms with E-state index in [0.717, 1.165) is 30.5 Å². The van der Waals surface area contributed by atoms with Gasteiger partial charge in [0, 0.05) is 37.7 Å². The minimum atomic E-state index is -3.09. The van der Waals surface area contributed by atoms with Crippen LogP contribution in [0.4, 0.5) is 23.2 Å². The number of aliphatic imine (C=N–C) groups is 1. The Kier molecular flexibility index (Phi) is 18.1. The number of nitrogens with two attached hydrogens (primary N) is 2. The Labute approximate surface area is 265 Å². The van der Waals surface area contributed by atoms with Crippen LogP contribution in [0.15, 0.2) is 29.3 Å².